The van der Waals surface area contributed by atoms with E-state index in [4.69, 9.17) is 14.3 Å². The molecule has 2 aliphatic rings. The third kappa shape index (κ3) is 6.06. The van der Waals surface area contributed by atoms with Crippen LogP contribution in [0.5, 0.6) is 5.75 Å². The standard InChI is InChI=1S/C21H30N2O4/c1-25-21-9-5-3-7-17(21)12-16-6-2-4-8-20(16)23-27-15-18(24)13-19-14-22-10-11-26-19/h3,5,7,9,12,18-19,22,24H,2,4,6,8,10-11,13-15H2,1H3/b16-12+,23-20+. The molecule has 6 nitrogen and oxygen atoms in total. The van der Waals surface area contributed by atoms with Crippen molar-refractivity contribution in [2.24, 2.45) is 5.16 Å². The summed E-state index contributed by atoms with van der Waals surface area (Å²) in [7, 11) is 1.68. The van der Waals surface area contributed by atoms with Gasteiger partial charge in [-0.2, -0.15) is 0 Å². The van der Waals surface area contributed by atoms with E-state index in [1.165, 1.54) is 5.57 Å². The Morgan fingerprint density at radius 2 is 2.19 bits per heavy atom. The summed E-state index contributed by atoms with van der Waals surface area (Å²) in [6, 6.07) is 7.97. The fourth-order valence-corrected chi connectivity index (χ4v) is 3.49. The lowest BCUT2D eigenvalue weighted by Crippen LogP contribution is -2.40. The zero-order valence-corrected chi connectivity index (χ0v) is 16.0. The van der Waals surface area contributed by atoms with Gasteiger partial charge in [0.05, 0.1) is 31.6 Å². The summed E-state index contributed by atoms with van der Waals surface area (Å²) in [6.07, 6.45) is 6.28. The van der Waals surface area contributed by atoms with Crippen molar-refractivity contribution in [2.75, 3.05) is 33.4 Å². The predicted octanol–water partition coefficient (Wildman–Crippen LogP) is 2.76. The SMILES string of the molecule is COc1ccccc1/C=C1\CCCC\C1=N/OCC(O)CC1CNCCO1. The van der Waals surface area contributed by atoms with Crippen LogP contribution in [0.15, 0.2) is 35.0 Å². The molecule has 2 N–H and O–H groups in total. The highest BCUT2D eigenvalue weighted by Crippen LogP contribution is 2.27. The Kier molecular flexibility index (Phi) is 7.68. The van der Waals surface area contributed by atoms with Gasteiger partial charge in [-0.1, -0.05) is 23.4 Å². The molecule has 0 spiro atoms. The molecular weight excluding hydrogens is 344 g/mol. The lowest BCUT2D eigenvalue weighted by atomic mass is 9.91. The van der Waals surface area contributed by atoms with Crippen LogP contribution < -0.4 is 10.1 Å². The second-order valence-electron chi connectivity index (χ2n) is 7.04. The molecule has 6 heteroatoms. The summed E-state index contributed by atoms with van der Waals surface area (Å²) in [5.74, 6) is 0.854. The Bertz CT molecular complexity index is 653. The minimum atomic E-state index is -0.579. The van der Waals surface area contributed by atoms with Crippen LogP contribution in [0, 0.1) is 0 Å². The number of hydrogen-bond acceptors (Lipinski definition) is 6. The first-order chi connectivity index (χ1) is 13.3. The summed E-state index contributed by atoms with van der Waals surface area (Å²) in [6.45, 7) is 2.53. The van der Waals surface area contributed by atoms with Gasteiger partial charge in [0, 0.05) is 25.1 Å². The monoisotopic (exact) mass is 374 g/mol. The number of oxime groups is 1. The molecule has 1 aliphatic heterocycles. The average Bonchev–Trinajstić information content (AvgIpc) is 2.70. The van der Waals surface area contributed by atoms with E-state index >= 15 is 0 Å². The van der Waals surface area contributed by atoms with Crippen molar-refractivity contribution >= 4 is 11.8 Å². The number of nitrogens with one attached hydrogen (secondary N) is 1. The zero-order valence-electron chi connectivity index (χ0n) is 16.0. The van der Waals surface area contributed by atoms with Crippen molar-refractivity contribution in [1.82, 2.24) is 5.32 Å². The molecule has 148 valence electrons. The van der Waals surface area contributed by atoms with Crippen molar-refractivity contribution in [1.29, 1.82) is 0 Å². The fourth-order valence-electron chi connectivity index (χ4n) is 3.49. The molecule has 2 atom stereocenters. The zero-order chi connectivity index (χ0) is 18.9. The number of rotatable bonds is 7. The number of nitrogens with zero attached hydrogens (tertiary/aromatic N) is 1. The van der Waals surface area contributed by atoms with Crippen LogP contribution >= 0.6 is 0 Å². The molecule has 3 rings (SSSR count). The maximum absolute atomic E-state index is 10.2. The highest BCUT2D eigenvalue weighted by Gasteiger charge is 2.19. The largest absolute Gasteiger partial charge is 0.496 e. The van der Waals surface area contributed by atoms with Crippen molar-refractivity contribution in [3.05, 3.63) is 35.4 Å². The van der Waals surface area contributed by atoms with Crippen LogP contribution in [-0.4, -0.2) is 56.4 Å². The minimum absolute atomic E-state index is 0.0423. The predicted molar refractivity (Wildman–Crippen MR) is 106 cm³/mol. The number of ether oxygens (including phenoxy) is 2. The van der Waals surface area contributed by atoms with E-state index in [-0.39, 0.29) is 12.7 Å². The van der Waals surface area contributed by atoms with E-state index < -0.39 is 6.10 Å². The number of benzene rings is 1. The second-order valence-corrected chi connectivity index (χ2v) is 7.04. The van der Waals surface area contributed by atoms with Crippen molar-refractivity contribution in [3.63, 3.8) is 0 Å². The molecule has 1 aromatic rings. The molecule has 1 aliphatic carbocycles. The van der Waals surface area contributed by atoms with Gasteiger partial charge in [-0.3, -0.25) is 0 Å². The van der Waals surface area contributed by atoms with Crippen molar-refractivity contribution in [3.8, 4) is 5.75 Å². The molecule has 1 heterocycles. The van der Waals surface area contributed by atoms with Gasteiger partial charge in [-0.25, -0.2) is 0 Å². The molecule has 0 amide bonds. The van der Waals surface area contributed by atoms with Gasteiger partial charge in [0.2, 0.25) is 0 Å². The molecule has 2 unspecified atom stereocenters. The highest BCUT2D eigenvalue weighted by molar-refractivity contribution is 6.04. The molecule has 0 aromatic heterocycles. The van der Waals surface area contributed by atoms with Gasteiger partial charge < -0.3 is 24.7 Å². The molecule has 27 heavy (non-hydrogen) atoms. The van der Waals surface area contributed by atoms with Crippen LogP contribution in [-0.2, 0) is 9.57 Å². The third-order valence-corrected chi connectivity index (χ3v) is 4.93. The lowest BCUT2D eigenvalue weighted by molar-refractivity contribution is -0.0292. The molecule has 1 aromatic carbocycles. The number of allylic oxidation sites excluding steroid dienone is 1. The fraction of sp³-hybridized carbons (Fsp3) is 0.571. The lowest BCUT2D eigenvalue weighted by Gasteiger charge is -2.25. The second kappa shape index (κ2) is 10.4. The van der Waals surface area contributed by atoms with Crippen LogP contribution in [0.4, 0.5) is 0 Å². The third-order valence-electron chi connectivity index (χ3n) is 4.93. The topological polar surface area (TPSA) is 72.3 Å². The number of morpholine rings is 1. The van der Waals surface area contributed by atoms with E-state index in [0.29, 0.717) is 13.0 Å². The van der Waals surface area contributed by atoms with Gasteiger partial charge in [0.1, 0.15) is 12.4 Å². The Labute approximate surface area is 161 Å². The van der Waals surface area contributed by atoms with Crippen molar-refractivity contribution < 1.29 is 19.4 Å². The summed E-state index contributed by atoms with van der Waals surface area (Å²) < 4.78 is 11.1. The molecule has 2 fully saturated rings. The minimum Gasteiger partial charge on any atom is -0.496 e. The molecule has 1 saturated carbocycles. The summed E-state index contributed by atoms with van der Waals surface area (Å²) in [5.41, 5.74) is 3.20. The van der Waals surface area contributed by atoms with E-state index in [2.05, 4.69) is 16.5 Å². The quantitative estimate of drug-likeness (QED) is 0.718. The molecule has 0 bridgehead atoms. The number of para-hydroxylation sites is 1. The number of hydrogen-bond donors (Lipinski definition) is 2. The highest BCUT2D eigenvalue weighted by atomic mass is 16.6. The molecule has 1 saturated heterocycles. The summed E-state index contributed by atoms with van der Waals surface area (Å²) >= 11 is 0. The summed E-state index contributed by atoms with van der Waals surface area (Å²) in [5, 5.41) is 17.8. The first-order valence-electron chi connectivity index (χ1n) is 9.79. The Balaban J connectivity index is 1.58. The van der Waals surface area contributed by atoms with E-state index in [1.54, 1.807) is 7.11 Å². The Morgan fingerprint density at radius 1 is 1.33 bits per heavy atom. The van der Waals surface area contributed by atoms with Crippen LogP contribution in [0.3, 0.4) is 0 Å². The van der Waals surface area contributed by atoms with E-state index in [9.17, 15) is 5.11 Å². The van der Waals surface area contributed by atoms with Gasteiger partial charge >= 0.3 is 0 Å². The normalized spacial score (nSPS) is 24.7. The molecule has 0 radical (unpaired) electrons. The number of methoxy groups -OCH3 is 1. The van der Waals surface area contributed by atoms with Crippen LogP contribution in [0.25, 0.3) is 6.08 Å². The average molecular weight is 374 g/mol. The van der Waals surface area contributed by atoms with Gasteiger partial charge in [0.25, 0.3) is 0 Å². The van der Waals surface area contributed by atoms with E-state index in [0.717, 1.165) is 55.8 Å². The first-order valence-corrected chi connectivity index (χ1v) is 9.79. The van der Waals surface area contributed by atoms with Gasteiger partial charge in [-0.05, 0) is 43.4 Å². The number of aliphatic hydroxyl groups excluding tert-OH is 1. The Morgan fingerprint density at radius 3 is 3.00 bits per heavy atom. The first kappa shape index (κ1) is 19.9. The van der Waals surface area contributed by atoms with Crippen LogP contribution in [0.2, 0.25) is 0 Å². The van der Waals surface area contributed by atoms with Gasteiger partial charge in [0.15, 0.2) is 0 Å². The maximum Gasteiger partial charge on any atom is 0.143 e. The van der Waals surface area contributed by atoms with E-state index in [1.807, 2.05) is 24.3 Å². The van der Waals surface area contributed by atoms with Gasteiger partial charge in [-0.15, -0.1) is 0 Å². The molecular formula is C21H30N2O4. The van der Waals surface area contributed by atoms with Crippen LogP contribution in [0.1, 0.15) is 37.7 Å². The maximum atomic E-state index is 10.2. The van der Waals surface area contributed by atoms with Crippen molar-refractivity contribution in [2.45, 2.75) is 44.3 Å². The smallest absolute Gasteiger partial charge is 0.143 e. The Hall–Kier alpha value is -1.89. The number of aliphatic hydroxyl groups is 1. The summed E-state index contributed by atoms with van der Waals surface area (Å²) in [4.78, 5) is 5.49.